The van der Waals surface area contributed by atoms with Gasteiger partial charge in [0.1, 0.15) is 11.6 Å². The van der Waals surface area contributed by atoms with E-state index in [1.165, 1.54) is 6.07 Å². The highest BCUT2D eigenvalue weighted by molar-refractivity contribution is 5.52. The number of hydrogen-bond donors (Lipinski definition) is 2. The van der Waals surface area contributed by atoms with Crippen molar-refractivity contribution < 1.29 is 4.39 Å². The van der Waals surface area contributed by atoms with Gasteiger partial charge in [-0.2, -0.15) is 0 Å². The van der Waals surface area contributed by atoms with Crippen molar-refractivity contribution in [2.75, 3.05) is 5.32 Å². The van der Waals surface area contributed by atoms with Crippen LogP contribution in [0.4, 0.5) is 10.1 Å². The van der Waals surface area contributed by atoms with Crippen molar-refractivity contribution in [1.29, 1.82) is 0 Å². The predicted octanol–water partition coefficient (Wildman–Crippen LogP) is 3.01. The molecule has 1 unspecified atom stereocenters. The van der Waals surface area contributed by atoms with Gasteiger partial charge in [-0.25, -0.2) is 9.37 Å². The molecule has 0 radical (unpaired) electrons. The van der Waals surface area contributed by atoms with E-state index < -0.39 is 0 Å². The molecule has 1 atom stereocenters. The number of aromatic amines is 1. The maximum Gasteiger partial charge on any atom is 0.256 e. The average molecular weight is 275 g/mol. The van der Waals surface area contributed by atoms with Crippen molar-refractivity contribution in [1.82, 2.24) is 9.97 Å². The van der Waals surface area contributed by atoms with Gasteiger partial charge in [0.25, 0.3) is 5.56 Å². The Kier molecular flexibility index (Phi) is 3.88. The monoisotopic (exact) mass is 275 g/mol. The molecule has 1 aromatic carbocycles. The molecule has 2 aromatic rings. The highest BCUT2D eigenvalue weighted by Gasteiger charge is 2.15. The molecule has 5 heteroatoms. The number of halogens is 1. The molecule has 2 N–H and O–H groups in total. The highest BCUT2D eigenvalue weighted by Crippen LogP contribution is 2.23. The number of nitrogens with one attached hydrogen (secondary N) is 2. The Labute approximate surface area is 117 Å². The fourth-order valence-electron chi connectivity index (χ4n) is 2.31. The van der Waals surface area contributed by atoms with Gasteiger partial charge in [-0.1, -0.05) is 6.07 Å². The summed E-state index contributed by atoms with van der Waals surface area (Å²) in [5.41, 5.74) is 2.30. The van der Waals surface area contributed by atoms with Crippen molar-refractivity contribution in [2.45, 2.75) is 33.7 Å². The average Bonchev–Trinajstić information content (AvgIpc) is 2.33. The van der Waals surface area contributed by atoms with Crippen molar-refractivity contribution >= 4 is 5.69 Å². The summed E-state index contributed by atoms with van der Waals surface area (Å²) < 4.78 is 13.5. The minimum atomic E-state index is -0.269. The second-order valence-electron chi connectivity index (χ2n) is 4.93. The fourth-order valence-corrected chi connectivity index (χ4v) is 2.31. The largest absolute Gasteiger partial charge is 0.378 e. The van der Waals surface area contributed by atoms with Crippen LogP contribution < -0.4 is 10.9 Å². The van der Waals surface area contributed by atoms with Gasteiger partial charge in [0.15, 0.2) is 0 Å². The molecule has 1 heterocycles. The first-order chi connectivity index (χ1) is 9.40. The molecule has 0 spiro atoms. The maximum atomic E-state index is 13.5. The van der Waals surface area contributed by atoms with E-state index in [1.807, 2.05) is 6.92 Å². The van der Waals surface area contributed by atoms with Gasteiger partial charge < -0.3 is 10.3 Å². The van der Waals surface area contributed by atoms with E-state index >= 15 is 0 Å². The van der Waals surface area contributed by atoms with Crippen LogP contribution in [0.2, 0.25) is 0 Å². The Morgan fingerprint density at radius 1 is 1.30 bits per heavy atom. The summed E-state index contributed by atoms with van der Waals surface area (Å²) in [7, 11) is 0. The first kappa shape index (κ1) is 14.2. The van der Waals surface area contributed by atoms with Crippen LogP contribution in [-0.4, -0.2) is 9.97 Å². The molecule has 0 aliphatic heterocycles. The molecule has 0 aliphatic rings. The fraction of sp³-hybridized carbons (Fsp3) is 0.333. The van der Waals surface area contributed by atoms with Crippen LogP contribution in [0.1, 0.15) is 35.6 Å². The second-order valence-corrected chi connectivity index (χ2v) is 4.93. The number of rotatable bonds is 3. The highest BCUT2D eigenvalue weighted by atomic mass is 19.1. The lowest BCUT2D eigenvalue weighted by Crippen LogP contribution is -2.23. The zero-order valence-electron chi connectivity index (χ0n) is 12.0. The number of hydrogen-bond acceptors (Lipinski definition) is 3. The van der Waals surface area contributed by atoms with Gasteiger partial charge in [0, 0.05) is 11.3 Å². The lowest BCUT2D eigenvalue weighted by Gasteiger charge is -2.18. The third kappa shape index (κ3) is 2.71. The molecule has 0 saturated heterocycles. The summed E-state index contributed by atoms with van der Waals surface area (Å²) in [6, 6.07) is 4.59. The number of H-pyrrole nitrogens is 1. The first-order valence-corrected chi connectivity index (χ1v) is 6.49. The van der Waals surface area contributed by atoms with Gasteiger partial charge in [0.2, 0.25) is 0 Å². The SMILES string of the molecule is Cc1nc(C)c(C(C)Nc2cccc(F)c2C)c(=O)[nH]1. The summed E-state index contributed by atoms with van der Waals surface area (Å²) in [6.45, 7) is 7.11. The smallest absolute Gasteiger partial charge is 0.256 e. The molecule has 0 amide bonds. The lowest BCUT2D eigenvalue weighted by atomic mass is 10.1. The van der Waals surface area contributed by atoms with Crippen molar-refractivity contribution in [3.63, 3.8) is 0 Å². The van der Waals surface area contributed by atoms with E-state index in [2.05, 4.69) is 15.3 Å². The van der Waals surface area contributed by atoms with Crippen LogP contribution in [0.15, 0.2) is 23.0 Å². The Balaban J connectivity index is 2.36. The lowest BCUT2D eigenvalue weighted by molar-refractivity contribution is 0.618. The summed E-state index contributed by atoms with van der Waals surface area (Å²) in [4.78, 5) is 19.0. The van der Waals surface area contributed by atoms with Gasteiger partial charge in [-0.15, -0.1) is 0 Å². The van der Waals surface area contributed by atoms with E-state index in [-0.39, 0.29) is 17.4 Å². The number of aromatic nitrogens is 2. The van der Waals surface area contributed by atoms with Gasteiger partial charge in [-0.05, 0) is 39.8 Å². The van der Waals surface area contributed by atoms with Crippen LogP contribution in [0.3, 0.4) is 0 Å². The third-order valence-corrected chi connectivity index (χ3v) is 3.34. The minimum absolute atomic E-state index is 0.163. The van der Waals surface area contributed by atoms with Crippen LogP contribution >= 0.6 is 0 Å². The molecular weight excluding hydrogens is 257 g/mol. The van der Waals surface area contributed by atoms with Crippen molar-refractivity contribution in [2.24, 2.45) is 0 Å². The summed E-state index contributed by atoms with van der Waals surface area (Å²) >= 11 is 0. The Hall–Kier alpha value is -2.17. The molecule has 0 fully saturated rings. The maximum absolute atomic E-state index is 13.5. The molecule has 20 heavy (non-hydrogen) atoms. The summed E-state index contributed by atoms with van der Waals surface area (Å²) in [5.74, 6) is 0.320. The van der Waals surface area contributed by atoms with Crippen LogP contribution in [0.5, 0.6) is 0 Å². The number of nitrogens with zero attached hydrogens (tertiary/aromatic N) is 1. The van der Waals surface area contributed by atoms with Crippen LogP contribution in [0.25, 0.3) is 0 Å². The third-order valence-electron chi connectivity index (χ3n) is 3.34. The zero-order valence-corrected chi connectivity index (χ0v) is 12.0. The first-order valence-electron chi connectivity index (χ1n) is 6.49. The number of benzene rings is 1. The van der Waals surface area contributed by atoms with Crippen LogP contribution in [0, 0.1) is 26.6 Å². The molecule has 0 bridgehead atoms. The molecule has 2 rings (SSSR count). The normalized spacial score (nSPS) is 12.2. The summed E-state index contributed by atoms with van der Waals surface area (Å²) in [5, 5.41) is 3.17. The van der Waals surface area contributed by atoms with Crippen LogP contribution in [-0.2, 0) is 0 Å². The van der Waals surface area contributed by atoms with Crippen molar-refractivity contribution in [3.8, 4) is 0 Å². The quantitative estimate of drug-likeness (QED) is 0.905. The topological polar surface area (TPSA) is 57.8 Å². The molecule has 0 saturated carbocycles. The molecular formula is C15H18FN3O. The van der Waals surface area contributed by atoms with E-state index in [9.17, 15) is 9.18 Å². The predicted molar refractivity (Wildman–Crippen MR) is 77.5 cm³/mol. The van der Waals surface area contributed by atoms with E-state index in [0.29, 0.717) is 28.3 Å². The molecule has 0 aliphatic carbocycles. The van der Waals surface area contributed by atoms with Gasteiger partial charge in [0.05, 0.1) is 17.3 Å². The molecule has 106 valence electrons. The van der Waals surface area contributed by atoms with E-state index in [4.69, 9.17) is 0 Å². The number of aryl methyl sites for hydroxylation is 2. The minimum Gasteiger partial charge on any atom is -0.378 e. The zero-order chi connectivity index (χ0) is 14.9. The Bertz CT molecular complexity index is 694. The summed E-state index contributed by atoms with van der Waals surface area (Å²) in [6.07, 6.45) is 0. The standard InChI is InChI=1S/C15H18FN3O/c1-8-12(16)6-5-7-13(8)18-10(3)14-9(2)17-11(4)19-15(14)20/h5-7,10,18H,1-4H3,(H,17,19,20). The Morgan fingerprint density at radius 3 is 2.65 bits per heavy atom. The van der Waals surface area contributed by atoms with E-state index in [0.717, 1.165) is 0 Å². The Morgan fingerprint density at radius 2 is 2.00 bits per heavy atom. The van der Waals surface area contributed by atoms with Crippen molar-refractivity contribution in [3.05, 3.63) is 57.0 Å². The molecule has 1 aromatic heterocycles. The van der Waals surface area contributed by atoms with E-state index in [1.54, 1.807) is 32.9 Å². The molecule has 4 nitrogen and oxygen atoms in total. The van der Waals surface area contributed by atoms with Gasteiger partial charge >= 0.3 is 0 Å². The van der Waals surface area contributed by atoms with Gasteiger partial charge in [-0.3, -0.25) is 4.79 Å². The second kappa shape index (κ2) is 5.45. The number of anilines is 1.